The van der Waals surface area contributed by atoms with Crippen molar-refractivity contribution in [3.63, 3.8) is 0 Å². The lowest BCUT2D eigenvalue weighted by atomic mass is 10.4. The van der Waals surface area contributed by atoms with Crippen molar-refractivity contribution in [3.8, 4) is 0 Å². The van der Waals surface area contributed by atoms with E-state index in [1.807, 2.05) is 12.1 Å². The third-order valence-electron chi connectivity index (χ3n) is 1.66. The Hall–Kier alpha value is -0.610. The van der Waals surface area contributed by atoms with E-state index in [0.717, 1.165) is 31.0 Å². The van der Waals surface area contributed by atoms with Gasteiger partial charge in [0.05, 0.1) is 12.8 Å². The van der Waals surface area contributed by atoms with E-state index in [0.29, 0.717) is 0 Å². The van der Waals surface area contributed by atoms with Crippen molar-refractivity contribution < 1.29 is 8.63 Å². The van der Waals surface area contributed by atoms with Gasteiger partial charge in [-0.05, 0) is 25.1 Å². The Morgan fingerprint density at radius 2 is 2.46 bits per heavy atom. The maximum Gasteiger partial charge on any atom is 0.117 e. The molecule has 0 saturated heterocycles. The monoisotopic (exact) mass is 201 g/mol. The van der Waals surface area contributed by atoms with Crippen molar-refractivity contribution in [1.82, 2.24) is 5.32 Å². The van der Waals surface area contributed by atoms with E-state index in [1.54, 1.807) is 12.5 Å². The van der Waals surface area contributed by atoms with Crippen LogP contribution in [0.1, 0.15) is 12.2 Å². The Labute approximate surface area is 81.0 Å². The molecule has 1 aromatic rings. The molecule has 0 radical (unpaired) electrons. The highest BCUT2D eigenvalue weighted by Crippen LogP contribution is 1.98. The van der Waals surface area contributed by atoms with Crippen LogP contribution in [0, 0.1) is 0 Å². The van der Waals surface area contributed by atoms with Crippen molar-refractivity contribution in [1.29, 1.82) is 0 Å². The minimum Gasteiger partial charge on any atom is -0.468 e. The zero-order chi connectivity index (χ0) is 9.52. The van der Waals surface area contributed by atoms with E-state index in [2.05, 4.69) is 5.32 Å². The van der Waals surface area contributed by atoms with Gasteiger partial charge in [0.2, 0.25) is 0 Å². The maximum absolute atomic E-state index is 10.7. The molecule has 0 aromatic carbocycles. The lowest BCUT2D eigenvalue weighted by Gasteiger charge is -2.00. The Morgan fingerprint density at radius 1 is 1.62 bits per heavy atom. The molecule has 0 spiro atoms. The Morgan fingerprint density at radius 3 is 3.08 bits per heavy atom. The maximum atomic E-state index is 10.7. The lowest BCUT2D eigenvalue weighted by Crippen LogP contribution is -2.16. The summed E-state index contributed by atoms with van der Waals surface area (Å²) in [6.45, 7) is 1.64. The molecule has 0 aliphatic carbocycles. The van der Waals surface area contributed by atoms with Gasteiger partial charge in [0.1, 0.15) is 5.76 Å². The second-order valence-electron chi connectivity index (χ2n) is 2.89. The first-order valence-electron chi connectivity index (χ1n) is 4.32. The molecule has 4 heteroatoms. The third kappa shape index (κ3) is 4.85. The summed E-state index contributed by atoms with van der Waals surface area (Å²) in [5.74, 6) is 1.71. The molecule has 0 saturated carbocycles. The van der Waals surface area contributed by atoms with E-state index in [-0.39, 0.29) is 0 Å². The highest BCUT2D eigenvalue weighted by molar-refractivity contribution is 7.84. The zero-order valence-electron chi connectivity index (χ0n) is 7.79. The molecular weight excluding hydrogens is 186 g/mol. The molecule has 1 aromatic heterocycles. The Kier molecular flexibility index (Phi) is 4.78. The Balaban J connectivity index is 1.99. The lowest BCUT2D eigenvalue weighted by molar-refractivity contribution is 0.483. The fraction of sp³-hybridized carbons (Fsp3) is 0.556. The van der Waals surface area contributed by atoms with Crippen LogP contribution in [0.5, 0.6) is 0 Å². The van der Waals surface area contributed by atoms with Crippen molar-refractivity contribution in [2.45, 2.75) is 13.0 Å². The number of nitrogens with one attached hydrogen (secondary N) is 1. The zero-order valence-corrected chi connectivity index (χ0v) is 8.60. The van der Waals surface area contributed by atoms with Crippen molar-refractivity contribution in [2.24, 2.45) is 0 Å². The van der Waals surface area contributed by atoms with Crippen LogP contribution in [-0.4, -0.2) is 22.8 Å². The molecule has 0 aliphatic heterocycles. The molecule has 1 heterocycles. The van der Waals surface area contributed by atoms with Gasteiger partial charge >= 0.3 is 0 Å². The van der Waals surface area contributed by atoms with Crippen LogP contribution in [0.15, 0.2) is 22.8 Å². The fourth-order valence-electron chi connectivity index (χ4n) is 1.03. The molecule has 0 bridgehead atoms. The molecule has 1 N–H and O–H groups in total. The molecule has 0 fully saturated rings. The standard InChI is InChI=1S/C9H15NO2S/c1-13(11)7-3-5-10-8-9-4-2-6-12-9/h2,4,6,10H,3,5,7-8H2,1H3. The van der Waals surface area contributed by atoms with Crippen LogP contribution >= 0.6 is 0 Å². The molecule has 0 amide bonds. The quantitative estimate of drug-likeness (QED) is 0.702. The Bertz CT molecular complexity index is 246. The van der Waals surface area contributed by atoms with Crippen molar-refractivity contribution in [3.05, 3.63) is 24.2 Å². The minimum absolute atomic E-state index is 0.669. The molecule has 13 heavy (non-hydrogen) atoms. The van der Waals surface area contributed by atoms with E-state index < -0.39 is 10.8 Å². The molecule has 3 nitrogen and oxygen atoms in total. The van der Waals surface area contributed by atoms with Gasteiger partial charge in [-0.2, -0.15) is 0 Å². The van der Waals surface area contributed by atoms with E-state index in [9.17, 15) is 4.21 Å². The molecule has 74 valence electrons. The summed E-state index contributed by atoms with van der Waals surface area (Å²) in [5, 5.41) is 3.21. The highest BCUT2D eigenvalue weighted by atomic mass is 32.2. The van der Waals surface area contributed by atoms with Gasteiger partial charge in [-0.15, -0.1) is 0 Å². The predicted octanol–water partition coefficient (Wildman–Crippen LogP) is 1.14. The summed E-state index contributed by atoms with van der Waals surface area (Å²) in [5.41, 5.74) is 0. The number of hydrogen-bond acceptors (Lipinski definition) is 3. The highest BCUT2D eigenvalue weighted by Gasteiger charge is 1.94. The van der Waals surface area contributed by atoms with Crippen LogP contribution in [0.4, 0.5) is 0 Å². The topological polar surface area (TPSA) is 42.2 Å². The van der Waals surface area contributed by atoms with Gasteiger partial charge in [0.15, 0.2) is 0 Å². The normalized spacial score (nSPS) is 13.0. The van der Waals surface area contributed by atoms with Gasteiger partial charge in [-0.25, -0.2) is 0 Å². The summed E-state index contributed by atoms with van der Waals surface area (Å²) in [6, 6.07) is 3.81. The summed E-state index contributed by atoms with van der Waals surface area (Å²) < 4.78 is 15.8. The molecule has 1 unspecified atom stereocenters. The molecular formula is C9H15NO2S. The molecule has 0 aliphatic rings. The van der Waals surface area contributed by atoms with Crippen LogP contribution in [0.3, 0.4) is 0 Å². The molecule has 1 rings (SSSR count). The van der Waals surface area contributed by atoms with Crippen molar-refractivity contribution >= 4 is 10.8 Å². The number of rotatable bonds is 6. The van der Waals surface area contributed by atoms with E-state index in [4.69, 9.17) is 4.42 Å². The first-order chi connectivity index (χ1) is 6.29. The first-order valence-corrected chi connectivity index (χ1v) is 6.05. The summed E-state index contributed by atoms with van der Waals surface area (Å²) >= 11 is 0. The fourth-order valence-corrected chi connectivity index (χ4v) is 1.58. The van der Waals surface area contributed by atoms with E-state index in [1.165, 1.54) is 0 Å². The minimum atomic E-state index is -0.669. The molecule has 1 atom stereocenters. The van der Waals surface area contributed by atoms with Crippen LogP contribution < -0.4 is 5.32 Å². The average Bonchev–Trinajstić information content (AvgIpc) is 2.55. The van der Waals surface area contributed by atoms with Gasteiger partial charge in [-0.3, -0.25) is 4.21 Å². The predicted molar refractivity (Wildman–Crippen MR) is 54.0 cm³/mol. The summed E-state index contributed by atoms with van der Waals surface area (Å²) in [6.07, 6.45) is 4.34. The SMILES string of the molecule is CS(=O)CCCNCc1ccco1. The number of furan rings is 1. The second kappa shape index (κ2) is 5.94. The number of hydrogen-bond donors (Lipinski definition) is 1. The van der Waals surface area contributed by atoms with Gasteiger partial charge in [0.25, 0.3) is 0 Å². The van der Waals surface area contributed by atoms with Gasteiger partial charge < -0.3 is 9.73 Å². The van der Waals surface area contributed by atoms with Crippen LogP contribution in [0.2, 0.25) is 0 Å². The van der Waals surface area contributed by atoms with Gasteiger partial charge in [0, 0.05) is 22.8 Å². The first kappa shape index (κ1) is 10.5. The van der Waals surface area contributed by atoms with Gasteiger partial charge in [-0.1, -0.05) is 0 Å². The van der Waals surface area contributed by atoms with Crippen LogP contribution in [-0.2, 0) is 17.3 Å². The summed E-state index contributed by atoms with van der Waals surface area (Å²) in [7, 11) is -0.669. The third-order valence-corrected chi connectivity index (χ3v) is 2.53. The van der Waals surface area contributed by atoms with E-state index >= 15 is 0 Å². The largest absolute Gasteiger partial charge is 0.468 e. The van der Waals surface area contributed by atoms with Crippen LogP contribution in [0.25, 0.3) is 0 Å². The smallest absolute Gasteiger partial charge is 0.117 e. The second-order valence-corrected chi connectivity index (χ2v) is 4.44. The van der Waals surface area contributed by atoms with Crippen molar-refractivity contribution in [2.75, 3.05) is 18.6 Å². The summed E-state index contributed by atoms with van der Waals surface area (Å²) in [4.78, 5) is 0. The average molecular weight is 201 g/mol.